The first-order valence-corrected chi connectivity index (χ1v) is 31.6. The van der Waals surface area contributed by atoms with Crippen LogP contribution in [-0.4, -0.2) is 100 Å². The molecule has 0 aromatic carbocycles. The fourth-order valence-electron chi connectivity index (χ4n) is 9.50. The van der Waals surface area contributed by atoms with Crippen LogP contribution in [0.25, 0.3) is 0 Å². The summed E-state index contributed by atoms with van der Waals surface area (Å²) in [6.07, 6.45) is 60.3. The predicted octanol–water partition coefficient (Wildman–Crippen LogP) is 15.0. The maximum atomic E-state index is 13.1. The smallest absolute Gasteiger partial charge is 0.305 e. The molecular formula is C65H117NO10. The van der Waals surface area contributed by atoms with Gasteiger partial charge in [0.25, 0.3) is 0 Å². The summed E-state index contributed by atoms with van der Waals surface area (Å²) in [4.78, 5) is 25.1. The lowest BCUT2D eigenvalue weighted by Crippen LogP contribution is -2.60. The topological polar surface area (TPSA) is 175 Å². The van der Waals surface area contributed by atoms with Gasteiger partial charge >= 0.3 is 5.97 Å². The van der Waals surface area contributed by atoms with Crippen LogP contribution in [0.4, 0.5) is 0 Å². The van der Waals surface area contributed by atoms with Crippen molar-refractivity contribution in [2.45, 2.75) is 320 Å². The second kappa shape index (κ2) is 54.3. The Labute approximate surface area is 465 Å². The molecule has 0 aliphatic carbocycles. The lowest BCUT2D eigenvalue weighted by molar-refractivity contribution is -0.302. The molecule has 1 heterocycles. The molecule has 0 bridgehead atoms. The molecule has 0 radical (unpaired) electrons. The summed E-state index contributed by atoms with van der Waals surface area (Å²) in [5.41, 5.74) is 0. The van der Waals surface area contributed by atoms with E-state index in [9.17, 15) is 35.1 Å². The molecule has 76 heavy (non-hydrogen) atoms. The van der Waals surface area contributed by atoms with Gasteiger partial charge in [-0.1, -0.05) is 222 Å². The third-order valence-corrected chi connectivity index (χ3v) is 14.6. The summed E-state index contributed by atoms with van der Waals surface area (Å²) < 4.78 is 16.7. The number of carbonyl (C=O) groups is 2. The summed E-state index contributed by atoms with van der Waals surface area (Å²) in [6.45, 7) is 4.26. The number of rotatable bonds is 54. The molecule has 1 aliphatic heterocycles. The first-order valence-electron chi connectivity index (χ1n) is 31.6. The number of esters is 1. The molecule has 442 valence electrons. The van der Waals surface area contributed by atoms with E-state index in [0.717, 1.165) is 89.9 Å². The van der Waals surface area contributed by atoms with Gasteiger partial charge in [-0.3, -0.25) is 9.59 Å². The number of amides is 1. The zero-order chi connectivity index (χ0) is 55.2. The normalized spacial score (nSPS) is 19.1. The molecule has 0 aromatic heterocycles. The Morgan fingerprint density at radius 2 is 0.868 bits per heavy atom. The van der Waals surface area contributed by atoms with Crippen LogP contribution in [0.3, 0.4) is 0 Å². The van der Waals surface area contributed by atoms with Gasteiger partial charge in [-0.2, -0.15) is 0 Å². The summed E-state index contributed by atoms with van der Waals surface area (Å²) in [7, 11) is 0. The molecule has 1 amide bonds. The fraction of sp³-hybridized carbons (Fsp3) is 0.815. The second-order valence-corrected chi connectivity index (χ2v) is 21.7. The van der Waals surface area contributed by atoms with Crippen LogP contribution in [0.2, 0.25) is 0 Å². The third kappa shape index (κ3) is 43.3. The van der Waals surface area contributed by atoms with Crippen LogP contribution in [0.15, 0.2) is 60.8 Å². The SMILES string of the molecule is CCCC/C=C\CCCCCCCC(=O)OCCCCCCCCCCCCC/C=C\CCCCCCCCCC(=O)NC(COC1OC(CO)C(O)C(O)C1O)C(O)/C=C/CC/C=C/CC/C=C/CCCCCCC. The zero-order valence-corrected chi connectivity index (χ0v) is 48.7. The van der Waals surface area contributed by atoms with Crippen LogP contribution in [0, 0.1) is 0 Å². The van der Waals surface area contributed by atoms with Gasteiger partial charge in [0.2, 0.25) is 5.91 Å². The minimum Gasteiger partial charge on any atom is -0.466 e. The molecule has 1 aliphatic rings. The number of carbonyl (C=O) groups excluding carboxylic acids is 2. The average molecular weight is 1070 g/mol. The molecule has 7 unspecified atom stereocenters. The van der Waals surface area contributed by atoms with Crippen molar-refractivity contribution >= 4 is 11.9 Å². The second-order valence-electron chi connectivity index (χ2n) is 21.7. The Morgan fingerprint density at radius 1 is 0.474 bits per heavy atom. The maximum absolute atomic E-state index is 13.1. The molecular weight excluding hydrogens is 955 g/mol. The number of hydrogen-bond acceptors (Lipinski definition) is 10. The largest absolute Gasteiger partial charge is 0.466 e. The van der Waals surface area contributed by atoms with Gasteiger partial charge in [-0.15, -0.1) is 0 Å². The van der Waals surface area contributed by atoms with E-state index in [1.165, 1.54) is 161 Å². The highest BCUT2D eigenvalue weighted by Crippen LogP contribution is 2.23. The number of aliphatic hydroxyl groups excluding tert-OH is 5. The van der Waals surface area contributed by atoms with Crippen molar-refractivity contribution in [2.75, 3.05) is 19.8 Å². The molecule has 0 saturated carbocycles. The Morgan fingerprint density at radius 3 is 1.34 bits per heavy atom. The Hall–Kier alpha value is -2.64. The van der Waals surface area contributed by atoms with Crippen LogP contribution in [0.5, 0.6) is 0 Å². The first kappa shape index (κ1) is 71.4. The van der Waals surface area contributed by atoms with E-state index in [2.05, 4.69) is 67.8 Å². The minimum atomic E-state index is -1.58. The van der Waals surface area contributed by atoms with Crippen molar-refractivity contribution in [1.82, 2.24) is 5.32 Å². The fourth-order valence-corrected chi connectivity index (χ4v) is 9.50. The van der Waals surface area contributed by atoms with Gasteiger partial charge in [-0.25, -0.2) is 0 Å². The quantitative estimate of drug-likeness (QED) is 0.0195. The van der Waals surface area contributed by atoms with Gasteiger partial charge < -0.3 is 45.1 Å². The average Bonchev–Trinajstić information content (AvgIpc) is 3.42. The summed E-state index contributed by atoms with van der Waals surface area (Å²) in [5.74, 6) is -0.219. The molecule has 11 heteroatoms. The number of unbranched alkanes of at least 4 members (excludes halogenated alkanes) is 32. The van der Waals surface area contributed by atoms with Gasteiger partial charge in [0.05, 0.1) is 32.0 Å². The highest BCUT2D eigenvalue weighted by Gasteiger charge is 2.44. The summed E-state index contributed by atoms with van der Waals surface area (Å²) in [6, 6.07) is -0.841. The van der Waals surface area contributed by atoms with E-state index in [4.69, 9.17) is 14.2 Å². The number of ether oxygens (including phenoxy) is 3. The minimum absolute atomic E-state index is 0.0150. The lowest BCUT2D eigenvalue weighted by atomic mass is 9.99. The van der Waals surface area contributed by atoms with Crippen molar-refractivity contribution < 1.29 is 49.3 Å². The maximum Gasteiger partial charge on any atom is 0.305 e. The van der Waals surface area contributed by atoms with Gasteiger partial charge in [0, 0.05) is 12.8 Å². The molecule has 11 nitrogen and oxygen atoms in total. The number of aliphatic hydroxyl groups is 5. The molecule has 0 spiro atoms. The number of hydrogen-bond donors (Lipinski definition) is 6. The Kier molecular flexibility index (Phi) is 51.0. The van der Waals surface area contributed by atoms with E-state index in [1.54, 1.807) is 6.08 Å². The first-order chi connectivity index (χ1) is 37.2. The Balaban J connectivity index is 2.10. The molecule has 1 rings (SSSR count). The molecule has 1 saturated heterocycles. The standard InChI is InChI=1S/C65H117NO10/c1-3-5-7-9-11-13-15-16-25-28-32-35-39-43-47-51-58(68)57(56-75-65-64(73)63(72)62(71)59(55-67)76-65)66-60(69)52-48-44-40-36-33-29-26-23-21-19-17-18-20-22-24-27-30-34-38-42-46-50-54-74-61(70)53-49-45-41-37-31-14-12-10-8-6-4-2/h10,12,15-16,19,21,32,35,47,51,57-59,62-65,67-68,71-73H,3-9,11,13-14,17-18,20,22-31,33-34,36-46,48-50,52-56H2,1-2H3,(H,66,69)/b12-10-,16-15+,21-19-,35-32+,51-47+. The van der Waals surface area contributed by atoms with Crippen molar-refractivity contribution in [3.05, 3.63) is 60.8 Å². The van der Waals surface area contributed by atoms with E-state index in [-0.39, 0.29) is 18.5 Å². The van der Waals surface area contributed by atoms with Gasteiger partial charge in [0.1, 0.15) is 24.4 Å². The lowest BCUT2D eigenvalue weighted by Gasteiger charge is -2.40. The third-order valence-electron chi connectivity index (χ3n) is 14.6. The van der Waals surface area contributed by atoms with Crippen molar-refractivity contribution in [1.29, 1.82) is 0 Å². The van der Waals surface area contributed by atoms with E-state index in [0.29, 0.717) is 19.4 Å². The van der Waals surface area contributed by atoms with Gasteiger partial charge in [-0.05, 0) is 103 Å². The molecule has 7 atom stereocenters. The van der Waals surface area contributed by atoms with Gasteiger partial charge in [0.15, 0.2) is 6.29 Å². The van der Waals surface area contributed by atoms with Crippen molar-refractivity contribution in [3.63, 3.8) is 0 Å². The predicted molar refractivity (Wildman–Crippen MR) is 315 cm³/mol. The Bertz CT molecular complexity index is 1450. The molecule has 1 fully saturated rings. The zero-order valence-electron chi connectivity index (χ0n) is 48.7. The highest BCUT2D eigenvalue weighted by molar-refractivity contribution is 5.76. The van der Waals surface area contributed by atoms with Crippen LogP contribution in [0.1, 0.15) is 277 Å². The monoisotopic (exact) mass is 1070 g/mol. The van der Waals surface area contributed by atoms with Crippen LogP contribution >= 0.6 is 0 Å². The van der Waals surface area contributed by atoms with Crippen LogP contribution in [-0.2, 0) is 23.8 Å². The van der Waals surface area contributed by atoms with E-state index >= 15 is 0 Å². The van der Waals surface area contributed by atoms with E-state index < -0.39 is 49.5 Å². The van der Waals surface area contributed by atoms with Crippen molar-refractivity contribution in [2.24, 2.45) is 0 Å². The number of nitrogens with one attached hydrogen (secondary N) is 1. The molecule has 6 N–H and O–H groups in total. The summed E-state index contributed by atoms with van der Waals surface area (Å²) >= 11 is 0. The number of allylic oxidation sites excluding steroid dienone is 9. The van der Waals surface area contributed by atoms with Crippen molar-refractivity contribution in [3.8, 4) is 0 Å². The molecule has 0 aromatic rings. The van der Waals surface area contributed by atoms with Crippen LogP contribution < -0.4 is 5.32 Å². The van der Waals surface area contributed by atoms with E-state index in [1.807, 2.05) is 6.08 Å². The highest BCUT2D eigenvalue weighted by atomic mass is 16.7. The summed E-state index contributed by atoms with van der Waals surface area (Å²) in [5, 5.41) is 54.4.